The lowest BCUT2D eigenvalue weighted by atomic mass is 9.95. The highest BCUT2D eigenvalue weighted by Gasteiger charge is 2.26. The van der Waals surface area contributed by atoms with Crippen LogP contribution in [0.15, 0.2) is 24.3 Å². The monoisotopic (exact) mass is 238 g/mol. The van der Waals surface area contributed by atoms with Gasteiger partial charge in [0.15, 0.2) is 0 Å². The maximum absolute atomic E-state index is 4.79. The molecule has 18 heavy (non-hydrogen) atoms. The summed E-state index contributed by atoms with van der Waals surface area (Å²) in [6, 6.07) is 8.55. The van der Waals surface area contributed by atoms with Crippen LogP contribution in [0.4, 0.5) is 0 Å². The number of hydrogen-bond acceptors (Lipinski definition) is 2. The van der Waals surface area contributed by atoms with Gasteiger partial charge in [0.25, 0.3) is 0 Å². The van der Waals surface area contributed by atoms with Gasteiger partial charge in [0, 0.05) is 23.1 Å². The van der Waals surface area contributed by atoms with Crippen molar-refractivity contribution in [3.63, 3.8) is 0 Å². The molecule has 2 aromatic rings. The molecule has 3 rings (SSSR count). The standard InChI is InChI=1S/C16H18N2/c1-10-14-12-8-6-5-7-11(12)9-13(14)18-15(17-10)16(2,3)4/h5-8H,9H2,1-4H3. The van der Waals surface area contributed by atoms with E-state index in [0.29, 0.717) is 0 Å². The molecule has 0 atom stereocenters. The third-order valence-corrected chi connectivity index (χ3v) is 3.48. The zero-order chi connectivity index (χ0) is 12.9. The van der Waals surface area contributed by atoms with E-state index in [1.54, 1.807) is 0 Å². The van der Waals surface area contributed by atoms with E-state index in [-0.39, 0.29) is 5.41 Å². The third kappa shape index (κ3) is 1.64. The van der Waals surface area contributed by atoms with Gasteiger partial charge < -0.3 is 0 Å². The van der Waals surface area contributed by atoms with E-state index in [1.807, 2.05) is 0 Å². The summed E-state index contributed by atoms with van der Waals surface area (Å²) in [4.78, 5) is 9.49. The Morgan fingerprint density at radius 3 is 2.50 bits per heavy atom. The van der Waals surface area contributed by atoms with Gasteiger partial charge in [-0.25, -0.2) is 9.97 Å². The lowest BCUT2D eigenvalue weighted by Crippen LogP contribution is -2.17. The molecule has 2 nitrogen and oxygen atoms in total. The van der Waals surface area contributed by atoms with E-state index in [0.717, 1.165) is 17.9 Å². The Labute approximate surface area is 108 Å². The SMILES string of the molecule is Cc1nc(C(C)(C)C)nc2c1-c1ccccc1C2. The molecule has 0 radical (unpaired) electrons. The van der Waals surface area contributed by atoms with E-state index in [9.17, 15) is 0 Å². The fraction of sp³-hybridized carbons (Fsp3) is 0.375. The van der Waals surface area contributed by atoms with Gasteiger partial charge in [0.1, 0.15) is 5.82 Å². The van der Waals surface area contributed by atoms with Crippen molar-refractivity contribution in [2.75, 3.05) is 0 Å². The molecule has 1 heterocycles. The molecule has 2 heteroatoms. The predicted molar refractivity (Wildman–Crippen MR) is 73.7 cm³/mol. The second kappa shape index (κ2) is 3.64. The number of hydrogen-bond donors (Lipinski definition) is 0. The molecule has 0 fully saturated rings. The Morgan fingerprint density at radius 2 is 1.78 bits per heavy atom. The summed E-state index contributed by atoms with van der Waals surface area (Å²) < 4.78 is 0. The van der Waals surface area contributed by atoms with E-state index in [2.05, 4.69) is 52.0 Å². The molecule has 0 N–H and O–H groups in total. The number of fused-ring (bicyclic) bond motifs is 3. The molecule has 0 saturated heterocycles. The molecule has 0 bridgehead atoms. The van der Waals surface area contributed by atoms with Crippen LogP contribution >= 0.6 is 0 Å². The number of rotatable bonds is 0. The Kier molecular flexibility index (Phi) is 2.31. The average Bonchev–Trinajstić information content (AvgIpc) is 2.66. The van der Waals surface area contributed by atoms with E-state index >= 15 is 0 Å². The van der Waals surface area contributed by atoms with Crippen molar-refractivity contribution in [2.24, 2.45) is 0 Å². The van der Waals surface area contributed by atoms with Gasteiger partial charge >= 0.3 is 0 Å². The largest absolute Gasteiger partial charge is 0.237 e. The van der Waals surface area contributed by atoms with Crippen molar-refractivity contribution >= 4 is 0 Å². The van der Waals surface area contributed by atoms with Crippen LogP contribution in [0, 0.1) is 6.92 Å². The number of aromatic nitrogens is 2. The second-order valence-corrected chi connectivity index (χ2v) is 6.04. The van der Waals surface area contributed by atoms with Gasteiger partial charge in [0.2, 0.25) is 0 Å². The van der Waals surface area contributed by atoms with Crippen molar-refractivity contribution in [1.29, 1.82) is 0 Å². The van der Waals surface area contributed by atoms with Gasteiger partial charge in [-0.3, -0.25) is 0 Å². The van der Waals surface area contributed by atoms with Crippen LogP contribution < -0.4 is 0 Å². The van der Waals surface area contributed by atoms with Crippen molar-refractivity contribution in [1.82, 2.24) is 9.97 Å². The van der Waals surface area contributed by atoms with Crippen LogP contribution in [0.5, 0.6) is 0 Å². The van der Waals surface area contributed by atoms with Crippen LogP contribution in [-0.4, -0.2) is 9.97 Å². The molecule has 1 aliphatic carbocycles. The minimum atomic E-state index is 0.00850. The van der Waals surface area contributed by atoms with Gasteiger partial charge in [-0.2, -0.15) is 0 Å². The summed E-state index contributed by atoms with van der Waals surface area (Å²) in [5, 5.41) is 0. The van der Waals surface area contributed by atoms with Gasteiger partial charge in [-0.15, -0.1) is 0 Å². The molecule has 0 saturated carbocycles. The quantitative estimate of drug-likeness (QED) is 0.597. The van der Waals surface area contributed by atoms with E-state index in [1.165, 1.54) is 22.4 Å². The van der Waals surface area contributed by atoms with Gasteiger partial charge in [0.05, 0.1) is 5.69 Å². The summed E-state index contributed by atoms with van der Waals surface area (Å²) >= 11 is 0. The van der Waals surface area contributed by atoms with Crippen LogP contribution in [0.25, 0.3) is 11.1 Å². The Hall–Kier alpha value is -1.70. The molecule has 1 aromatic carbocycles. The Morgan fingerprint density at radius 1 is 1.06 bits per heavy atom. The van der Waals surface area contributed by atoms with E-state index in [4.69, 9.17) is 9.97 Å². The summed E-state index contributed by atoms with van der Waals surface area (Å²) in [6.07, 6.45) is 0.942. The maximum Gasteiger partial charge on any atom is 0.134 e. The zero-order valence-corrected chi connectivity index (χ0v) is 11.4. The van der Waals surface area contributed by atoms with Gasteiger partial charge in [-0.1, -0.05) is 45.0 Å². The first kappa shape index (κ1) is 11.4. The lowest BCUT2D eigenvalue weighted by molar-refractivity contribution is 0.540. The smallest absolute Gasteiger partial charge is 0.134 e. The summed E-state index contributed by atoms with van der Waals surface area (Å²) in [5.41, 5.74) is 6.23. The normalized spacial score (nSPS) is 13.3. The lowest BCUT2D eigenvalue weighted by Gasteiger charge is -2.18. The van der Waals surface area contributed by atoms with Crippen molar-refractivity contribution in [3.05, 3.63) is 47.0 Å². The first-order valence-electron chi connectivity index (χ1n) is 6.43. The van der Waals surface area contributed by atoms with Crippen LogP contribution in [0.3, 0.4) is 0 Å². The number of benzene rings is 1. The van der Waals surface area contributed by atoms with Gasteiger partial charge in [-0.05, 0) is 18.1 Å². The molecule has 92 valence electrons. The molecule has 0 amide bonds. The minimum absolute atomic E-state index is 0.00850. The molecule has 1 aliphatic rings. The number of aryl methyl sites for hydroxylation is 1. The maximum atomic E-state index is 4.79. The summed E-state index contributed by atoms with van der Waals surface area (Å²) in [6.45, 7) is 8.58. The Bertz CT molecular complexity index is 621. The number of nitrogens with zero attached hydrogens (tertiary/aromatic N) is 2. The molecule has 0 spiro atoms. The van der Waals surface area contributed by atoms with Crippen LogP contribution in [0.2, 0.25) is 0 Å². The van der Waals surface area contributed by atoms with Crippen molar-refractivity contribution in [2.45, 2.75) is 39.5 Å². The zero-order valence-electron chi connectivity index (χ0n) is 11.4. The molecule has 0 aliphatic heterocycles. The Balaban J connectivity index is 2.22. The van der Waals surface area contributed by atoms with Crippen LogP contribution in [0.1, 0.15) is 43.5 Å². The summed E-state index contributed by atoms with van der Waals surface area (Å²) in [7, 11) is 0. The molecular formula is C16H18N2. The minimum Gasteiger partial charge on any atom is -0.237 e. The topological polar surface area (TPSA) is 25.8 Å². The predicted octanol–water partition coefficient (Wildman–Crippen LogP) is 3.65. The second-order valence-electron chi connectivity index (χ2n) is 6.04. The first-order chi connectivity index (χ1) is 8.47. The summed E-state index contributed by atoms with van der Waals surface area (Å²) in [5.74, 6) is 0.951. The van der Waals surface area contributed by atoms with Crippen LogP contribution in [-0.2, 0) is 11.8 Å². The first-order valence-corrected chi connectivity index (χ1v) is 6.43. The molecule has 1 aromatic heterocycles. The molecule has 0 unspecified atom stereocenters. The average molecular weight is 238 g/mol. The van der Waals surface area contributed by atoms with Crippen molar-refractivity contribution < 1.29 is 0 Å². The van der Waals surface area contributed by atoms with E-state index < -0.39 is 0 Å². The fourth-order valence-corrected chi connectivity index (χ4v) is 2.54. The fourth-order valence-electron chi connectivity index (χ4n) is 2.54. The highest BCUT2D eigenvalue weighted by Crippen LogP contribution is 2.37. The molecular weight excluding hydrogens is 220 g/mol. The highest BCUT2D eigenvalue weighted by molar-refractivity contribution is 5.76. The van der Waals surface area contributed by atoms with Crippen molar-refractivity contribution in [3.8, 4) is 11.1 Å². The third-order valence-electron chi connectivity index (χ3n) is 3.48. The highest BCUT2D eigenvalue weighted by atomic mass is 14.9.